The first kappa shape index (κ1) is 11.9. The highest BCUT2D eigenvalue weighted by Crippen LogP contribution is 2.24. The van der Waals surface area contributed by atoms with E-state index in [-0.39, 0.29) is 5.78 Å². The fourth-order valence-electron chi connectivity index (χ4n) is 1.10. The molecule has 0 aromatic carbocycles. The Balaban J connectivity index is 2.10. The zero-order valence-electron chi connectivity index (χ0n) is 7.94. The summed E-state index contributed by atoms with van der Waals surface area (Å²) in [4.78, 5) is 13.3. The first-order valence-electron chi connectivity index (χ1n) is 4.38. The second kappa shape index (κ2) is 5.15. The largest absolute Gasteiger partial charge is 0.288 e. The zero-order valence-corrected chi connectivity index (χ0v) is 11.1. The van der Waals surface area contributed by atoms with Crippen LogP contribution in [0.25, 0.3) is 6.08 Å². The molecule has 0 saturated carbocycles. The molecule has 0 radical (unpaired) electrons. The minimum absolute atomic E-state index is 0.0403. The number of thiophene rings is 2. The molecule has 2 rings (SSSR count). The maximum absolute atomic E-state index is 11.7. The molecule has 0 N–H and O–H groups in total. The van der Waals surface area contributed by atoms with Crippen molar-refractivity contribution in [2.75, 3.05) is 0 Å². The van der Waals surface area contributed by atoms with Crippen molar-refractivity contribution in [1.82, 2.24) is 0 Å². The molecule has 1 nitrogen and oxygen atoms in total. The third-order valence-corrected chi connectivity index (χ3v) is 4.25. The van der Waals surface area contributed by atoms with Crippen molar-refractivity contribution in [3.8, 4) is 0 Å². The van der Waals surface area contributed by atoms with Crippen LogP contribution in [0, 0.1) is 0 Å². The summed E-state index contributed by atoms with van der Waals surface area (Å²) < 4.78 is 1.34. The van der Waals surface area contributed by atoms with Crippen molar-refractivity contribution in [3.05, 3.63) is 48.8 Å². The highest BCUT2D eigenvalue weighted by atomic mass is 35.5. The summed E-state index contributed by atoms with van der Waals surface area (Å²) in [6.07, 6.45) is 3.29. The van der Waals surface area contributed by atoms with E-state index < -0.39 is 0 Å². The fourth-order valence-corrected chi connectivity index (χ4v) is 3.03. The van der Waals surface area contributed by atoms with Crippen molar-refractivity contribution >= 4 is 57.7 Å². The SMILES string of the molecule is O=C(/C=C/c1ccc(Cl)s1)c1ccc(Cl)s1. The maximum Gasteiger partial charge on any atom is 0.195 e. The second-order valence-electron chi connectivity index (χ2n) is 2.94. The molecule has 16 heavy (non-hydrogen) atoms. The van der Waals surface area contributed by atoms with Crippen molar-refractivity contribution in [2.24, 2.45) is 0 Å². The third kappa shape index (κ3) is 2.95. The van der Waals surface area contributed by atoms with Gasteiger partial charge in [0.1, 0.15) is 0 Å². The van der Waals surface area contributed by atoms with Gasteiger partial charge in [-0.2, -0.15) is 0 Å². The van der Waals surface area contributed by atoms with Crippen LogP contribution < -0.4 is 0 Å². The number of rotatable bonds is 3. The van der Waals surface area contributed by atoms with Crippen LogP contribution in [-0.4, -0.2) is 5.78 Å². The van der Waals surface area contributed by atoms with E-state index in [1.807, 2.05) is 6.07 Å². The molecule has 2 aromatic heterocycles. The molecule has 0 saturated heterocycles. The number of carbonyl (C=O) groups is 1. The number of ketones is 1. The Kier molecular flexibility index (Phi) is 3.82. The number of hydrogen-bond donors (Lipinski definition) is 0. The Bertz CT molecular complexity index is 540. The van der Waals surface area contributed by atoms with Gasteiger partial charge in [0.25, 0.3) is 0 Å². The van der Waals surface area contributed by atoms with Gasteiger partial charge >= 0.3 is 0 Å². The van der Waals surface area contributed by atoms with Crippen LogP contribution in [0.5, 0.6) is 0 Å². The van der Waals surface area contributed by atoms with Crippen LogP contribution in [0.15, 0.2) is 30.3 Å². The summed E-state index contributed by atoms with van der Waals surface area (Å²) in [6.45, 7) is 0. The molecule has 0 spiro atoms. The highest BCUT2D eigenvalue weighted by Gasteiger charge is 2.04. The summed E-state index contributed by atoms with van der Waals surface area (Å²) in [7, 11) is 0. The van der Waals surface area contributed by atoms with Gasteiger partial charge in [0.05, 0.1) is 13.5 Å². The van der Waals surface area contributed by atoms with E-state index in [0.29, 0.717) is 13.5 Å². The van der Waals surface area contributed by atoms with Gasteiger partial charge in [-0.05, 0) is 36.4 Å². The predicted molar refractivity (Wildman–Crippen MR) is 72.0 cm³/mol. The molecular weight excluding hydrogens is 283 g/mol. The minimum Gasteiger partial charge on any atom is -0.288 e. The second-order valence-corrected chi connectivity index (χ2v) is 6.40. The van der Waals surface area contributed by atoms with Crippen LogP contribution in [0.2, 0.25) is 8.67 Å². The number of hydrogen-bond acceptors (Lipinski definition) is 3. The lowest BCUT2D eigenvalue weighted by Gasteiger charge is -1.87. The van der Waals surface area contributed by atoms with Crippen LogP contribution in [0.1, 0.15) is 14.5 Å². The predicted octanol–water partition coefficient (Wildman–Crippen LogP) is 5.01. The molecule has 0 atom stereocenters. The Morgan fingerprint density at radius 1 is 1.06 bits per heavy atom. The standard InChI is InChI=1S/C11H6Cl2OS2/c12-10-5-2-7(15-10)1-3-8(14)9-4-6-11(13)16-9/h1-6H/b3-1+. The highest BCUT2D eigenvalue weighted by molar-refractivity contribution is 7.18. The van der Waals surface area contributed by atoms with Gasteiger partial charge in [0, 0.05) is 4.88 Å². The maximum atomic E-state index is 11.7. The van der Waals surface area contributed by atoms with E-state index in [2.05, 4.69) is 0 Å². The molecule has 2 heterocycles. The van der Waals surface area contributed by atoms with Gasteiger partial charge in [0.15, 0.2) is 5.78 Å². The van der Waals surface area contributed by atoms with Gasteiger partial charge in [-0.25, -0.2) is 0 Å². The number of allylic oxidation sites excluding steroid dienone is 1. The summed E-state index contributed by atoms with van der Waals surface area (Å²) in [5, 5.41) is 0. The Morgan fingerprint density at radius 2 is 1.75 bits per heavy atom. The number of halogens is 2. The quantitative estimate of drug-likeness (QED) is 0.573. The Hall–Kier alpha value is -0.610. The van der Waals surface area contributed by atoms with Crippen molar-refractivity contribution < 1.29 is 4.79 Å². The average Bonchev–Trinajstić information content (AvgIpc) is 2.84. The first-order chi connectivity index (χ1) is 7.65. The molecular formula is C11H6Cl2OS2. The van der Waals surface area contributed by atoms with E-state index in [1.54, 1.807) is 24.3 Å². The normalized spacial score (nSPS) is 11.1. The summed E-state index contributed by atoms with van der Waals surface area (Å²) >= 11 is 14.2. The number of carbonyl (C=O) groups excluding carboxylic acids is 1. The molecule has 0 aliphatic rings. The van der Waals surface area contributed by atoms with E-state index in [9.17, 15) is 4.79 Å². The molecule has 0 aliphatic heterocycles. The summed E-state index contributed by atoms with van der Waals surface area (Å²) in [5.41, 5.74) is 0. The third-order valence-electron chi connectivity index (χ3n) is 1.81. The molecule has 0 aliphatic carbocycles. The Labute approximate surface area is 111 Å². The van der Waals surface area contributed by atoms with Gasteiger partial charge < -0.3 is 0 Å². The van der Waals surface area contributed by atoms with E-state index >= 15 is 0 Å². The molecule has 5 heteroatoms. The summed E-state index contributed by atoms with van der Waals surface area (Å²) in [6, 6.07) is 7.12. The molecule has 0 unspecified atom stereocenters. The van der Waals surface area contributed by atoms with E-state index in [0.717, 1.165) is 4.88 Å². The zero-order chi connectivity index (χ0) is 11.5. The first-order valence-corrected chi connectivity index (χ1v) is 6.77. The minimum atomic E-state index is -0.0403. The lowest BCUT2D eigenvalue weighted by molar-refractivity contribution is 0.105. The van der Waals surface area contributed by atoms with Crippen LogP contribution in [0.3, 0.4) is 0 Å². The van der Waals surface area contributed by atoms with Crippen LogP contribution in [0.4, 0.5) is 0 Å². The van der Waals surface area contributed by atoms with Gasteiger partial charge in [-0.3, -0.25) is 4.79 Å². The molecule has 0 amide bonds. The lowest BCUT2D eigenvalue weighted by Crippen LogP contribution is -1.87. The van der Waals surface area contributed by atoms with Gasteiger partial charge in [-0.1, -0.05) is 23.2 Å². The molecule has 82 valence electrons. The van der Waals surface area contributed by atoms with Gasteiger partial charge in [-0.15, -0.1) is 22.7 Å². The smallest absolute Gasteiger partial charge is 0.195 e. The van der Waals surface area contributed by atoms with E-state index in [4.69, 9.17) is 23.2 Å². The Morgan fingerprint density at radius 3 is 2.31 bits per heavy atom. The van der Waals surface area contributed by atoms with Crippen LogP contribution in [-0.2, 0) is 0 Å². The van der Waals surface area contributed by atoms with E-state index in [1.165, 1.54) is 28.7 Å². The average molecular weight is 289 g/mol. The van der Waals surface area contributed by atoms with Crippen LogP contribution >= 0.6 is 45.9 Å². The monoisotopic (exact) mass is 288 g/mol. The van der Waals surface area contributed by atoms with Crippen molar-refractivity contribution in [2.45, 2.75) is 0 Å². The van der Waals surface area contributed by atoms with Crippen molar-refractivity contribution in [1.29, 1.82) is 0 Å². The molecule has 0 fully saturated rings. The van der Waals surface area contributed by atoms with Crippen molar-refractivity contribution in [3.63, 3.8) is 0 Å². The lowest BCUT2D eigenvalue weighted by atomic mass is 10.3. The topological polar surface area (TPSA) is 17.1 Å². The summed E-state index contributed by atoms with van der Waals surface area (Å²) in [5.74, 6) is -0.0403. The molecule has 0 bridgehead atoms. The van der Waals surface area contributed by atoms with Gasteiger partial charge in [0.2, 0.25) is 0 Å². The molecule has 2 aromatic rings. The fraction of sp³-hybridized carbons (Fsp3) is 0.